The number of carboxylic acid groups (broad SMARTS) is 1. The van der Waals surface area contributed by atoms with Crippen molar-refractivity contribution < 1.29 is 23.9 Å². The Labute approximate surface area is 171 Å². The summed E-state index contributed by atoms with van der Waals surface area (Å²) in [6.07, 6.45) is 6.70. The molecule has 0 spiro atoms. The second-order valence-corrected chi connectivity index (χ2v) is 8.44. The number of aromatic carboxylic acids is 1. The molecule has 5 aliphatic rings. The van der Waals surface area contributed by atoms with Crippen LogP contribution in [0.4, 0.5) is 0 Å². The number of hydrogen-bond acceptors (Lipinski definition) is 5. The summed E-state index contributed by atoms with van der Waals surface area (Å²) < 4.78 is 5.71. The molecule has 6 atom stereocenters. The molecular weight excluding hydrogens is 384 g/mol. The van der Waals surface area contributed by atoms with E-state index >= 15 is 0 Å². The van der Waals surface area contributed by atoms with Crippen molar-refractivity contribution >= 4 is 24.0 Å². The Hall–Kier alpha value is -3.48. The van der Waals surface area contributed by atoms with Crippen molar-refractivity contribution in [1.82, 2.24) is 5.01 Å². The van der Waals surface area contributed by atoms with Crippen LogP contribution in [-0.4, -0.2) is 34.1 Å². The van der Waals surface area contributed by atoms with E-state index in [2.05, 4.69) is 17.3 Å². The molecule has 0 radical (unpaired) electrons. The first-order chi connectivity index (χ1) is 14.5. The van der Waals surface area contributed by atoms with Gasteiger partial charge in [-0.15, -0.1) is 0 Å². The summed E-state index contributed by atoms with van der Waals surface area (Å²) in [5.74, 6) is 0.0407. The lowest BCUT2D eigenvalue weighted by atomic mass is 9.63. The molecule has 2 saturated carbocycles. The fourth-order valence-electron chi connectivity index (χ4n) is 5.62. The van der Waals surface area contributed by atoms with Gasteiger partial charge in [-0.05, 0) is 48.3 Å². The number of rotatable bonds is 4. The van der Waals surface area contributed by atoms with E-state index in [-0.39, 0.29) is 41.0 Å². The highest BCUT2D eigenvalue weighted by atomic mass is 16.4. The van der Waals surface area contributed by atoms with Crippen molar-refractivity contribution in [2.75, 3.05) is 0 Å². The van der Waals surface area contributed by atoms with E-state index in [4.69, 9.17) is 4.42 Å². The number of carbonyl (C=O) groups is 3. The number of carbonyl (C=O) groups excluding carboxylic acids is 2. The number of allylic oxidation sites excluding steroid dienone is 2. The van der Waals surface area contributed by atoms with Crippen LogP contribution in [0.2, 0.25) is 0 Å². The zero-order chi connectivity index (χ0) is 20.6. The van der Waals surface area contributed by atoms with E-state index in [1.54, 1.807) is 30.3 Å². The minimum absolute atomic E-state index is 0.130. The fourth-order valence-corrected chi connectivity index (χ4v) is 5.62. The van der Waals surface area contributed by atoms with Gasteiger partial charge < -0.3 is 9.52 Å². The number of nitrogens with zero attached hydrogens (tertiary/aromatic N) is 2. The van der Waals surface area contributed by atoms with Crippen LogP contribution in [0, 0.1) is 35.5 Å². The summed E-state index contributed by atoms with van der Waals surface area (Å²) in [6.45, 7) is 0. The van der Waals surface area contributed by atoms with Crippen molar-refractivity contribution in [2.45, 2.75) is 6.42 Å². The maximum atomic E-state index is 12.9. The van der Waals surface area contributed by atoms with Crippen LogP contribution in [0.25, 0.3) is 11.3 Å². The smallest absolute Gasteiger partial charge is 0.336 e. The first-order valence-corrected chi connectivity index (χ1v) is 10.1. The molecule has 1 saturated heterocycles. The van der Waals surface area contributed by atoms with Gasteiger partial charge in [0.1, 0.15) is 11.5 Å². The van der Waals surface area contributed by atoms with Gasteiger partial charge in [0.05, 0.1) is 23.6 Å². The van der Waals surface area contributed by atoms with Gasteiger partial charge in [-0.3, -0.25) is 9.59 Å². The van der Waals surface area contributed by atoms with Gasteiger partial charge in [-0.1, -0.05) is 30.4 Å². The predicted octanol–water partition coefficient (Wildman–Crippen LogP) is 3.03. The zero-order valence-electron chi connectivity index (χ0n) is 15.8. The third kappa shape index (κ3) is 2.32. The maximum Gasteiger partial charge on any atom is 0.336 e. The van der Waals surface area contributed by atoms with E-state index in [0.29, 0.717) is 28.9 Å². The molecule has 2 amide bonds. The Morgan fingerprint density at radius 2 is 1.70 bits per heavy atom. The van der Waals surface area contributed by atoms with Crippen LogP contribution in [0.15, 0.2) is 58.1 Å². The molecular formula is C23H18N2O5. The van der Waals surface area contributed by atoms with E-state index < -0.39 is 5.97 Å². The first kappa shape index (κ1) is 17.4. The average molecular weight is 402 g/mol. The summed E-state index contributed by atoms with van der Waals surface area (Å²) in [6, 6.07) is 9.83. The van der Waals surface area contributed by atoms with Crippen molar-refractivity contribution in [3.05, 3.63) is 59.9 Å². The number of hydrogen-bond donors (Lipinski definition) is 1. The number of carboxylic acids is 1. The minimum Gasteiger partial charge on any atom is -0.478 e. The lowest BCUT2D eigenvalue weighted by molar-refractivity contribution is -0.140. The van der Waals surface area contributed by atoms with Crippen molar-refractivity contribution in [3.63, 3.8) is 0 Å². The molecule has 2 bridgehead atoms. The summed E-state index contributed by atoms with van der Waals surface area (Å²) in [5.41, 5.74) is 0.580. The third-order valence-electron chi connectivity index (χ3n) is 6.99. The highest BCUT2D eigenvalue weighted by molar-refractivity contribution is 6.06. The molecule has 4 aliphatic carbocycles. The zero-order valence-corrected chi connectivity index (χ0v) is 15.8. The lowest BCUT2D eigenvalue weighted by Gasteiger charge is -2.37. The standard InChI is InChI=1S/C23H18N2O5/c26-21-19-13-6-7-14(17-9-16(13)17)20(19)22(27)25(21)24-10-11-5-8-18(30-11)12-3-1-2-4-15(12)23(28)29/h1-8,10,13-14,16-17,19-20H,9H2,(H,28,29)/b24-10+/t13-,14-,16-,17-,19+,20+/m1/s1. The van der Waals surface area contributed by atoms with Gasteiger partial charge in [-0.2, -0.15) is 10.1 Å². The Morgan fingerprint density at radius 3 is 2.37 bits per heavy atom. The van der Waals surface area contributed by atoms with Crippen LogP contribution in [0.1, 0.15) is 22.5 Å². The van der Waals surface area contributed by atoms with Gasteiger partial charge in [0.25, 0.3) is 11.8 Å². The number of imide groups is 1. The van der Waals surface area contributed by atoms with Gasteiger partial charge >= 0.3 is 5.97 Å². The number of hydrazone groups is 1. The SMILES string of the molecule is O=C(O)c1ccccc1-c1ccc(/C=N/N2C(=O)[C@H]3[C@@H]4C=C[C@H]([C@H]5C[C@H]45)[C@@H]3C2=O)o1. The number of amides is 2. The highest BCUT2D eigenvalue weighted by Crippen LogP contribution is 2.65. The quantitative estimate of drug-likeness (QED) is 0.481. The third-order valence-corrected chi connectivity index (χ3v) is 6.99. The number of furan rings is 1. The largest absolute Gasteiger partial charge is 0.478 e. The van der Waals surface area contributed by atoms with E-state index in [1.807, 2.05) is 0 Å². The van der Waals surface area contributed by atoms with Crippen molar-refractivity contribution in [3.8, 4) is 11.3 Å². The molecule has 1 N–H and O–H groups in total. The minimum atomic E-state index is -1.05. The molecule has 7 heteroatoms. The lowest BCUT2D eigenvalue weighted by Crippen LogP contribution is -2.40. The van der Waals surface area contributed by atoms with Crippen LogP contribution in [0.3, 0.4) is 0 Å². The second-order valence-electron chi connectivity index (χ2n) is 8.44. The monoisotopic (exact) mass is 402 g/mol. The van der Waals surface area contributed by atoms with E-state index in [1.165, 1.54) is 12.3 Å². The molecule has 1 aromatic heterocycles. The van der Waals surface area contributed by atoms with Crippen molar-refractivity contribution in [1.29, 1.82) is 0 Å². The van der Waals surface area contributed by atoms with Gasteiger partial charge in [-0.25, -0.2) is 4.79 Å². The Kier molecular flexibility index (Phi) is 3.48. The maximum absolute atomic E-state index is 12.9. The highest BCUT2D eigenvalue weighted by Gasteiger charge is 2.67. The number of benzene rings is 1. The second kappa shape index (κ2) is 6.01. The predicted molar refractivity (Wildman–Crippen MR) is 105 cm³/mol. The average Bonchev–Trinajstić information content (AvgIpc) is 3.39. The van der Waals surface area contributed by atoms with Crippen LogP contribution >= 0.6 is 0 Å². The molecule has 0 unspecified atom stereocenters. The summed E-state index contributed by atoms with van der Waals surface area (Å²) in [5, 5.41) is 14.5. The topological polar surface area (TPSA) is 100 Å². The van der Waals surface area contributed by atoms with Crippen LogP contribution in [0.5, 0.6) is 0 Å². The molecule has 2 heterocycles. The molecule has 2 aromatic rings. The first-order valence-electron chi connectivity index (χ1n) is 10.1. The molecule has 3 fully saturated rings. The fraction of sp³-hybridized carbons (Fsp3) is 0.304. The molecule has 7 nitrogen and oxygen atoms in total. The van der Waals surface area contributed by atoms with Crippen LogP contribution in [-0.2, 0) is 9.59 Å². The van der Waals surface area contributed by atoms with E-state index in [0.717, 1.165) is 11.4 Å². The Balaban J connectivity index is 1.26. The molecule has 150 valence electrons. The summed E-state index contributed by atoms with van der Waals surface area (Å²) in [4.78, 5) is 37.3. The Bertz CT molecular complexity index is 1130. The van der Waals surface area contributed by atoms with Crippen molar-refractivity contribution in [2.24, 2.45) is 40.6 Å². The summed E-state index contributed by atoms with van der Waals surface area (Å²) in [7, 11) is 0. The van der Waals surface area contributed by atoms with Gasteiger partial charge in [0.2, 0.25) is 0 Å². The molecule has 1 aliphatic heterocycles. The summed E-state index contributed by atoms with van der Waals surface area (Å²) >= 11 is 0. The Morgan fingerprint density at radius 1 is 1.03 bits per heavy atom. The van der Waals surface area contributed by atoms with Crippen LogP contribution < -0.4 is 0 Å². The molecule has 30 heavy (non-hydrogen) atoms. The normalized spacial score (nSPS) is 33.3. The van der Waals surface area contributed by atoms with Gasteiger partial charge in [0.15, 0.2) is 0 Å². The van der Waals surface area contributed by atoms with Gasteiger partial charge in [0, 0.05) is 5.56 Å². The molecule has 1 aromatic carbocycles. The van der Waals surface area contributed by atoms with E-state index in [9.17, 15) is 19.5 Å². The molecule has 7 rings (SSSR count).